The second-order valence-electron chi connectivity index (χ2n) is 5.79. The molecule has 0 radical (unpaired) electrons. The minimum atomic E-state index is -4.52. The van der Waals surface area contributed by atoms with Gasteiger partial charge in [0.2, 0.25) is 5.13 Å². The van der Waals surface area contributed by atoms with E-state index in [2.05, 4.69) is 14.3 Å². The number of rotatable bonds is 2. The highest BCUT2D eigenvalue weighted by Gasteiger charge is 2.33. The van der Waals surface area contributed by atoms with Crippen molar-refractivity contribution in [2.75, 3.05) is 36.0 Å². The van der Waals surface area contributed by atoms with Crippen LogP contribution < -0.4 is 9.80 Å². The number of halogens is 3. The number of benzene rings is 1. The first kappa shape index (κ1) is 17.5. The minimum absolute atomic E-state index is 0.342. The van der Waals surface area contributed by atoms with Gasteiger partial charge in [0.25, 0.3) is 0 Å². The summed E-state index contributed by atoms with van der Waals surface area (Å²) in [6, 6.07) is 5.42. The van der Waals surface area contributed by atoms with Crippen LogP contribution >= 0.6 is 11.5 Å². The molecule has 0 spiro atoms. The van der Waals surface area contributed by atoms with E-state index in [1.54, 1.807) is 6.07 Å². The molecule has 132 valence electrons. The summed E-state index contributed by atoms with van der Waals surface area (Å²) in [4.78, 5) is 8.53. The molecular formula is C16H16F3N5S. The summed E-state index contributed by atoms with van der Waals surface area (Å²) >= 11 is 1.35. The monoisotopic (exact) mass is 367 g/mol. The molecule has 0 saturated carbocycles. The number of nitriles is 1. The van der Waals surface area contributed by atoms with Crippen LogP contribution in [0.4, 0.5) is 24.0 Å². The number of hydrogen-bond acceptors (Lipinski definition) is 6. The fourth-order valence-corrected chi connectivity index (χ4v) is 3.58. The molecule has 1 aromatic carbocycles. The van der Waals surface area contributed by atoms with E-state index in [4.69, 9.17) is 5.26 Å². The Morgan fingerprint density at radius 3 is 2.52 bits per heavy atom. The summed E-state index contributed by atoms with van der Waals surface area (Å²) in [5.74, 6) is 0.738. The molecule has 2 heterocycles. The van der Waals surface area contributed by atoms with Crippen molar-refractivity contribution in [2.24, 2.45) is 0 Å². The van der Waals surface area contributed by atoms with Crippen molar-refractivity contribution in [1.29, 1.82) is 5.26 Å². The molecule has 3 rings (SSSR count). The number of anilines is 2. The lowest BCUT2D eigenvalue weighted by Gasteiger charge is -2.24. The SMILES string of the molecule is Cc1nsc(N2CCCN(c3ccc(C(F)(F)F)c(C#N)c3)CC2)n1. The molecule has 25 heavy (non-hydrogen) atoms. The Morgan fingerprint density at radius 1 is 1.16 bits per heavy atom. The highest BCUT2D eigenvalue weighted by atomic mass is 32.1. The third-order valence-corrected chi connectivity index (χ3v) is 4.95. The molecule has 0 N–H and O–H groups in total. The maximum atomic E-state index is 12.9. The Hall–Kier alpha value is -2.34. The maximum Gasteiger partial charge on any atom is 0.417 e. The van der Waals surface area contributed by atoms with Gasteiger partial charge in [-0.1, -0.05) is 0 Å². The van der Waals surface area contributed by atoms with Gasteiger partial charge in [0.15, 0.2) is 0 Å². The van der Waals surface area contributed by atoms with E-state index in [-0.39, 0.29) is 5.56 Å². The van der Waals surface area contributed by atoms with Crippen LogP contribution in [0.25, 0.3) is 0 Å². The van der Waals surface area contributed by atoms with Crippen molar-refractivity contribution in [3.05, 3.63) is 35.2 Å². The van der Waals surface area contributed by atoms with E-state index in [0.717, 1.165) is 30.0 Å². The van der Waals surface area contributed by atoms with Gasteiger partial charge in [0.05, 0.1) is 17.2 Å². The van der Waals surface area contributed by atoms with E-state index in [1.807, 2.05) is 11.8 Å². The van der Waals surface area contributed by atoms with E-state index >= 15 is 0 Å². The zero-order valence-electron chi connectivity index (χ0n) is 13.5. The first-order chi connectivity index (χ1) is 11.9. The largest absolute Gasteiger partial charge is 0.417 e. The van der Waals surface area contributed by atoms with Gasteiger partial charge >= 0.3 is 6.18 Å². The fraction of sp³-hybridized carbons (Fsp3) is 0.438. The summed E-state index contributed by atoms with van der Waals surface area (Å²) in [6.07, 6.45) is -3.67. The lowest BCUT2D eigenvalue weighted by molar-refractivity contribution is -0.137. The third kappa shape index (κ3) is 3.85. The lowest BCUT2D eigenvalue weighted by Crippen LogP contribution is -2.30. The van der Waals surface area contributed by atoms with E-state index in [9.17, 15) is 13.2 Å². The molecule has 0 unspecified atom stereocenters. The Balaban J connectivity index is 1.78. The highest BCUT2D eigenvalue weighted by molar-refractivity contribution is 7.09. The summed E-state index contributed by atoms with van der Waals surface area (Å²) in [5, 5.41) is 9.93. The zero-order chi connectivity index (χ0) is 18.0. The molecular weight excluding hydrogens is 351 g/mol. The molecule has 0 bridgehead atoms. The molecule has 1 aliphatic rings. The van der Waals surface area contributed by atoms with E-state index < -0.39 is 11.7 Å². The maximum absolute atomic E-state index is 12.9. The predicted molar refractivity (Wildman–Crippen MR) is 89.8 cm³/mol. The smallest absolute Gasteiger partial charge is 0.370 e. The molecule has 1 saturated heterocycles. The van der Waals surface area contributed by atoms with Crippen molar-refractivity contribution in [2.45, 2.75) is 19.5 Å². The van der Waals surface area contributed by atoms with Gasteiger partial charge < -0.3 is 9.80 Å². The van der Waals surface area contributed by atoms with E-state index in [0.29, 0.717) is 25.3 Å². The Bertz CT molecular complexity index is 796. The summed E-state index contributed by atoms with van der Waals surface area (Å²) in [7, 11) is 0. The van der Waals surface area contributed by atoms with Gasteiger partial charge in [-0.3, -0.25) is 0 Å². The van der Waals surface area contributed by atoms with Crippen LogP contribution in [0.1, 0.15) is 23.4 Å². The van der Waals surface area contributed by atoms with Crippen molar-refractivity contribution in [3.63, 3.8) is 0 Å². The molecule has 2 aromatic rings. The van der Waals surface area contributed by atoms with Crippen LogP contribution in [0.2, 0.25) is 0 Å². The number of aryl methyl sites for hydroxylation is 1. The predicted octanol–water partition coefficient (Wildman–Crippen LogP) is 3.45. The average molecular weight is 367 g/mol. The van der Waals surface area contributed by atoms with Crippen molar-refractivity contribution < 1.29 is 13.2 Å². The Labute approximate surface area is 147 Å². The summed E-state index contributed by atoms with van der Waals surface area (Å²) in [6.45, 7) is 4.73. The van der Waals surface area contributed by atoms with Crippen LogP contribution in [0, 0.1) is 18.3 Å². The second kappa shape index (κ2) is 6.88. The second-order valence-corrected chi connectivity index (χ2v) is 6.52. The average Bonchev–Trinajstić information content (AvgIpc) is 2.86. The van der Waals surface area contributed by atoms with Crippen LogP contribution in [-0.2, 0) is 6.18 Å². The van der Waals surface area contributed by atoms with Gasteiger partial charge in [0, 0.05) is 43.4 Å². The van der Waals surface area contributed by atoms with Gasteiger partial charge in [-0.05, 0) is 31.5 Å². The molecule has 5 nitrogen and oxygen atoms in total. The highest BCUT2D eigenvalue weighted by Crippen LogP contribution is 2.34. The quantitative estimate of drug-likeness (QED) is 0.814. The number of aromatic nitrogens is 2. The van der Waals surface area contributed by atoms with Crippen molar-refractivity contribution >= 4 is 22.4 Å². The van der Waals surface area contributed by atoms with E-state index in [1.165, 1.54) is 23.7 Å². The first-order valence-electron chi connectivity index (χ1n) is 7.80. The number of nitrogens with zero attached hydrogens (tertiary/aromatic N) is 5. The molecule has 9 heteroatoms. The molecule has 0 atom stereocenters. The molecule has 1 fully saturated rings. The van der Waals surface area contributed by atoms with Crippen molar-refractivity contribution in [1.82, 2.24) is 9.36 Å². The minimum Gasteiger partial charge on any atom is -0.370 e. The molecule has 1 aliphatic heterocycles. The standard InChI is InChI=1S/C16H16F3N5S/c1-11-21-15(25-22-11)24-6-2-5-23(7-8-24)13-3-4-14(16(17,18)19)12(9-13)10-20/h3-4,9H,2,5-8H2,1H3. The summed E-state index contributed by atoms with van der Waals surface area (Å²) < 4.78 is 43.0. The molecule has 1 aromatic heterocycles. The fourth-order valence-electron chi connectivity index (χ4n) is 2.85. The topological polar surface area (TPSA) is 56.1 Å². The summed E-state index contributed by atoms with van der Waals surface area (Å²) in [5.41, 5.74) is -0.592. The normalized spacial score (nSPS) is 15.8. The van der Waals surface area contributed by atoms with Gasteiger partial charge in [-0.25, -0.2) is 4.98 Å². The third-order valence-electron chi connectivity index (χ3n) is 4.08. The number of alkyl halides is 3. The number of hydrogen-bond donors (Lipinski definition) is 0. The van der Waals surface area contributed by atoms with Gasteiger partial charge in [0.1, 0.15) is 5.82 Å². The van der Waals surface area contributed by atoms with Crippen molar-refractivity contribution in [3.8, 4) is 6.07 Å². The Morgan fingerprint density at radius 2 is 1.88 bits per heavy atom. The Kier molecular flexibility index (Phi) is 4.81. The van der Waals surface area contributed by atoms with Crippen LogP contribution in [0.15, 0.2) is 18.2 Å². The lowest BCUT2D eigenvalue weighted by atomic mass is 10.1. The van der Waals surface area contributed by atoms with Crippen LogP contribution in [-0.4, -0.2) is 35.5 Å². The first-order valence-corrected chi connectivity index (χ1v) is 8.57. The molecule has 0 amide bonds. The van der Waals surface area contributed by atoms with Crippen LogP contribution in [0.5, 0.6) is 0 Å². The van der Waals surface area contributed by atoms with Gasteiger partial charge in [-0.15, -0.1) is 0 Å². The van der Waals surface area contributed by atoms with Gasteiger partial charge in [-0.2, -0.15) is 22.8 Å². The molecule has 0 aliphatic carbocycles. The zero-order valence-corrected chi connectivity index (χ0v) is 14.4. The van der Waals surface area contributed by atoms with Crippen LogP contribution in [0.3, 0.4) is 0 Å².